The van der Waals surface area contributed by atoms with E-state index < -0.39 is 0 Å². The van der Waals surface area contributed by atoms with Gasteiger partial charge in [-0.25, -0.2) is 0 Å². The van der Waals surface area contributed by atoms with Gasteiger partial charge in [-0.05, 0) is 37.1 Å². The molecular weight excluding hydrogens is 212 g/mol. The lowest BCUT2D eigenvalue weighted by Gasteiger charge is -2.30. The largest absolute Gasteiger partial charge is 0.356 e. The molecule has 3 heteroatoms. The molecule has 0 rings (SSSR count). The van der Waals surface area contributed by atoms with Crippen molar-refractivity contribution in [3.63, 3.8) is 0 Å². The summed E-state index contributed by atoms with van der Waals surface area (Å²) >= 11 is 0. The Hall–Kier alpha value is -0.830. The second kappa shape index (κ2) is 8.29. The zero-order valence-electron chi connectivity index (χ0n) is 11.6. The van der Waals surface area contributed by atoms with Crippen LogP contribution in [0, 0.1) is 11.3 Å². The van der Waals surface area contributed by atoms with Crippen molar-refractivity contribution in [2.24, 2.45) is 17.1 Å². The highest BCUT2D eigenvalue weighted by Crippen LogP contribution is 2.31. The molecule has 0 heterocycles. The van der Waals surface area contributed by atoms with E-state index in [4.69, 9.17) is 5.73 Å². The molecule has 0 aromatic carbocycles. The maximum Gasteiger partial charge on any atom is 0.220 e. The van der Waals surface area contributed by atoms with E-state index in [0.29, 0.717) is 25.4 Å². The van der Waals surface area contributed by atoms with Crippen LogP contribution in [0.25, 0.3) is 0 Å². The number of nitrogens with two attached hydrogens (primary N) is 1. The van der Waals surface area contributed by atoms with Gasteiger partial charge >= 0.3 is 0 Å². The molecule has 17 heavy (non-hydrogen) atoms. The van der Waals surface area contributed by atoms with Gasteiger partial charge in [0.05, 0.1) is 0 Å². The minimum Gasteiger partial charge on any atom is -0.356 e. The second-order valence-electron chi connectivity index (χ2n) is 5.61. The molecule has 100 valence electrons. The first-order valence-electron chi connectivity index (χ1n) is 6.49. The lowest BCUT2D eigenvalue weighted by Crippen LogP contribution is -2.28. The number of nitrogens with one attached hydrogen (secondary N) is 1. The molecule has 1 atom stereocenters. The monoisotopic (exact) mass is 240 g/mol. The quantitative estimate of drug-likeness (QED) is 0.506. The minimum absolute atomic E-state index is 0.137. The van der Waals surface area contributed by atoms with E-state index in [-0.39, 0.29) is 11.3 Å². The van der Waals surface area contributed by atoms with Gasteiger partial charge in [0.2, 0.25) is 5.91 Å². The third kappa shape index (κ3) is 7.97. The van der Waals surface area contributed by atoms with Crippen LogP contribution in [0.4, 0.5) is 0 Å². The van der Waals surface area contributed by atoms with Crippen LogP contribution in [-0.4, -0.2) is 19.0 Å². The normalized spacial score (nSPS) is 13.2. The third-order valence-electron chi connectivity index (χ3n) is 3.13. The van der Waals surface area contributed by atoms with Crippen LogP contribution in [0.15, 0.2) is 12.7 Å². The first kappa shape index (κ1) is 16.2. The predicted octanol–water partition coefficient (Wildman–Crippen LogP) is 2.47. The molecule has 0 aromatic heterocycles. The van der Waals surface area contributed by atoms with Crippen molar-refractivity contribution in [2.75, 3.05) is 13.1 Å². The zero-order valence-corrected chi connectivity index (χ0v) is 11.6. The number of hydrogen-bond donors (Lipinski definition) is 2. The Morgan fingerprint density at radius 3 is 2.53 bits per heavy atom. The van der Waals surface area contributed by atoms with Crippen molar-refractivity contribution in [1.82, 2.24) is 5.32 Å². The van der Waals surface area contributed by atoms with Gasteiger partial charge in [-0.15, -0.1) is 6.58 Å². The van der Waals surface area contributed by atoms with Gasteiger partial charge in [-0.3, -0.25) is 4.79 Å². The molecule has 3 N–H and O–H groups in total. The maximum atomic E-state index is 11.6. The molecular formula is C14H28N2O. The molecule has 0 saturated carbocycles. The fourth-order valence-corrected chi connectivity index (χ4v) is 1.92. The minimum atomic E-state index is 0.137. The van der Waals surface area contributed by atoms with Gasteiger partial charge in [0, 0.05) is 13.0 Å². The summed E-state index contributed by atoms with van der Waals surface area (Å²) in [6, 6.07) is 0. The number of rotatable bonds is 8. The Morgan fingerprint density at radius 1 is 1.41 bits per heavy atom. The van der Waals surface area contributed by atoms with E-state index in [1.54, 1.807) is 0 Å². The summed E-state index contributed by atoms with van der Waals surface area (Å²) in [4.78, 5) is 11.6. The Bertz CT molecular complexity index is 231. The lowest BCUT2D eigenvalue weighted by atomic mass is 9.76. The number of amides is 1. The van der Waals surface area contributed by atoms with Crippen molar-refractivity contribution in [3.05, 3.63) is 12.7 Å². The standard InChI is InChI=1S/C14H28N2O/c1-5-6-11-16-13(17)8-7-12(9-10-15)14(2,3)4/h5,12H,1,6-11,15H2,2-4H3,(H,16,17). The van der Waals surface area contributed by atoms with Gasteiger partial charge in [-0.2, -0.15) is 0 Å². The molecule has 0 aliphatic heterocycles. The van der Waals surface area contributed by atoms with Gasteiger partial charge in [0.25, 0.3) is 0 Å². The van der Waals surface area contributed by atoms with E-state index in [1.165, 1.54) is 0 Å². The van der Waals surface area contributed by atoms with Gasteiger partial charge < -0.3 is 11.1 Å². The highest BCUT2D eigenvalue weighted by Gasteiger charge is 2.24. The van der Waals surface area contributed by atoms with Crippen molar-refractivity contribution in [3.8, 4) is 0 Å². The van der Waals surface area contributed by atoms with Gasteiger partial charge in [-0.1, -0.05) is 26.8 Å². The average Bonchev–Trinajstić information content (AvgIpc) is 2.23. The van der Waals surface area contributed by atoms with Crippen molar-refractivity contribution in [1.29, 1.82) is 0 Å². The highest BCUT2D eigenvalue weighted by molar-refractivity contribution is 5.75. The Labute approximate surface area is 106 Å². The number of carbonyl (C=O) groups excluding carboxylic acids is 1. The molecule has 0 spiro atoms. The average molecular weight is 240 g/mol. The second-order valence-corrected chi connectivity index (χ2v) is 5.61. The Balaban J connectivity index is 3.95. The number of carbonyl (C=O) groups is 1. The topological polar surface area (TPSA) is 55.1 Å². The molecule has 0 aliphatic rings. The van der Waals surface area contributed by atoms with E-state index in [0.717, 1.165) is 19.3 Å². The summed E-state index contributed by atoms with van der Waals surface area (Å²) < 4.78 is 0. The van der Waals surface area contributed by atoms with E-state index >= 15 is 0 Å². The van der Waals surface area contributed by atoms with Crippen LogP contribution in [0.1, 0.15) is 46.5 Å². The van der Waals surface area contributed by atoms with E-state index in [1.807, 2.05) is 6.08 Å². The molecule has 0 bridgehead atoms. The SMILES string of the molecule is C=CCCNC(=O)CCC(CCN)C(C)(C)C. The van der Waals surface area contributed by atoms with Crippen LogP contribution < -0.4 is 11.1 Å². The predicted molar refractivity (Wildman–Crippen MR) is 73.7 cm³/mol. The van der Waals surface area contributed by atoms with Crippen LogP contribution in [0.3, 0.4) is 0 Å². The summed E-state index contributed by atoms with van der Waals surface area (Å²) in [6.07, 6.45) is 5.15. The summed E-state index contributed by atoms with van der Waals surface area (Å²) in [5, 5.41) is 2.89. The van der Waals surface area contributed by atoms with Crippen molar-refractivity contribution in [2.45, 2.75) is 46.5 Å². The Kier molecular flexibility index (Phi) is 7.88. The van der Waals surface area contributed by atoms with Gasteiger partial charge in [0.15, 0.2) is 0 Å². The molecule has 0 aromatic rings. The molecule has 1 unspecified atom stereocenters. The Morgan fingerprint density at radius 2 is 2.06 bits per heavy atom. The van der Waals surface area contributed by atoms with Crippen molar-refractivity contribution >= 4 is 5.91 Å². The van der Waals surface area contributed by atoms with Gasteiger partial charge in [0.1, 0.15) is 0 Å². The fraction of sp³-hybridized carbons (Fsp3) is 0.786. The fourth-order valence-electron chi connectivity index (χ4n) is 1.92. The smallest absolute Gasteiger partial charge is 0.220 e. The molecule has 0 aliphatic carbocycles. The number of hydrogen-bond acceptors (Lipinski definition) is 2. The summed E-state index contributed by atoms with van der Waals surface area (Å²) in [7, 11) is 0. The van der Waals surface area contributed by atoms with E-state index in [9.17, 15) is 4.79 Å². The molecule has 1 amide bonds. The summed E-state index contributed by atoms with van der Waals surface area (Å²) in [5.41, 5.74) is 5.84. The lowest BCUT2D eigenvalue weighted by molar-refractivity contribution is -0.121. The molecule has 0 fully saturated rings. The van der Waals surface area contributed by atoms with E-state index in [2.05, 4.69) is 32.7 Å². The molecule has 0 radical (unpaired) electrons. The maximum absolute atomic E-state index is 11.6. The molecule has 0 saturated heterocycles. The zero-order chi connectivity index (χ0) is 13.3. The van der Waals surface area contributed by atoms with Crippen LogP contribution in [0.2, 0.25) is 0 Å². The molecule has 3 nitrogen and oxygen atoms in total. The first-order valence-corrected chi connectivity index (χ1v) is 6.49. The van der Waals surface area contributed by atoms with Crippen LogP contribution in [0.5, 0.6) is 0 Å². The van der Waals surface area contributed by atoms with Crippen LogP contribution >= 0.6 is 0 Å². The van der Waals surface area contributed by atoms with Crippen molar-refractivity contribution < 1.29 is 4.79 Å². The summed E-state index contributed by atoms with van der Waals surface area (Å²) in [6.45, 7) is 11.6. The van der Waals surface area contributed by atoms with Crippen LogP contribution in [-0.2, 0) is 4.79 Å². The summed E-state index contributed by atoms with van der Waals surface area (Å²) in [5.74, 6) is 0.649. The third-order valence-corrected chi connectivity index (χ3v) is 3.13. The highest BCUT2D eigenvalue weighted by atomic mass is 16.1. The first-order chi connectivity index (χ1) is 7.91.